The summed E-state index contributed by atoms with van der Waals surface area (Å²) in [4.78, 5) is 10.5. The summed E-state index contributed by atoms with van der Waals surface area (Å²) in [6.45, 7) is 2.17. The molecule has 1 unspecified atom stereocenters. The summed E-state index contributed by atoms with van der Waals surface area (Å²) >= 11 is 0. The Hall–Kier alpha value is -1.78. The standard InChI is InChI=1S/C11H13FO4/c1-3-16-9-6-7(10(12)11(13)14)4-5-8(9)15-2/h4-6,10H,3H2,1-2H3,(H,13,14). The van der Waals surface area contributed by atoms with Crippen LogP contribution in [0.5, 0.6) is 11.5 Å². The molecule has 1 atom stereocenters. The summed E-state index contributed by atoms with van der Waals surface area (Å²) in [5.41, 5.74) is 0.0387. The van der Waals surface area contributed by atoms with E-state index in [4.69, 9.17) is 14.6 Å². The second-order valence-corrected chi connectivity index (χ2v) is 3.04. The number of carboxylic acids is 1. The average molecular weight is 228 g/mol. The smallest absolute Gasteiger partial charge is 0.343 e. The number of aliphatic carboxylic acids is 1. The number of hydrogen-bond donors (Lipinski definition) is 1. The summed E-state index contributed by atoms with van der Waals surface area (Å²) in [7, 11) is 1.46. The molecule has 0 heterocycles. The molecule has 1 N–H and O–H groups in total. The maximum absolute atomic E-state index is 13.2. The third-order valence-corrected chi connectivity index (χ3v) is 2.00. The molecule has 0 spiro atoms. The summed E-state index contributed by atoms with van der Waals surface area (Å²) in [6, 6.07) is 4.18. The molecule has 1 rings (SSSR count). The van der Waals surface area contributed by atoms with E-state index in [1.54, 1.807) is 6.92 Å². The molecule has 0 aliphatic rings. The molecule has 16 heavy (non-hydrogen) atoms. The van der Waals surface area contributed by atoms with Crippen molar-refractivity contribution >= 4 is 5.97 Å². The first-order valence-electron chi connectivity index (χ1n) is 4.77. The molecular formula is C11H13FO4. The van der Waals surface area contributed by atoms with Crippen LogP contribution in [0.25, 0.3) is 0 Å². The molecule has 0 aromatic heterocycles. The highest BCUT2D eigenvalue weighted by Crippen LogP contribution is 2.31. The van der Waals surface area contributed by atoms with Gasteiger partial charge in [-0.25, -0.2) is 9.18 Å². The maximum atomic E-state index is 13.2. The summed E-state index contributed by atoms with van der Waals surface area (Å²) < 4.78 is 23.4. The van der Waals surface area contributed by atoms with Crippen molar-refractivity contribution in [1.29, 1.82) is 0 Å². The van der Waals surface area contributed by atoms with Crippen molar-refractivity contribution in [3.63, 3.8) is 0 Å². The Morgan fingerprint density at radius 2 is 2.19 bits per heavy atom. The Labute approximate surface area is 92.6 Å². The van der Waals surface area contributed by atoms with Crippen molar-refractivity contribution in [1.82, 2.24) is 0 Å². The molecule has 88 valence electrons. The fourth-order valence-electron chi connectivity index (χ4n) is 1.26. The van der Waals surface area contributed by atoms with Gasteiger partial charge in [-0.05, 0) is 19.1 Å². The van der Waals surface area contributed by atoms with Gasteiger partial charge in [0.05, 0.1) is 13.7 Å². The van der Waals surface area contributed by atoms with Gasteiger partial charge in [0.1, 0.15) is 0 Å². The summed E-state index contributed by atoms with van der Waals surface area (Å²) in [5.74, 6) is -0.734. The Bertz CT molecular complexity index is 378. The van der Waals surface area contributed by atoms with Crippen molar-refractivity contribution in [2.75, 3.05) is 13.7 Å². The van der Waals surface area contributed by atoms with Crippen LogP contribution in [0.1, 0.15) is 18.7 Å². The highest BCUT2D eigenvalue weighted by atomic mass is 19.1. The number of carbonyl (C=O) groups is 1. The minimum absolute atomic E-state index is 0.0387. The molecule has 0 aliphatic carbocycles. The fraction of sp³-hybridized carbons (Fsp3) is 0.364. The molecule has 0 saturated heterocycles. The molecule has 0 aliphatic heterocycles. The van der Waals surface area contributed by atoms with E-state index in [0.29, 0.717) is 18.1 Å². The number of halogens is 1. The van der Waals surface area contributed by atoms with Crippen LogP contribution in [0.2, 0.25) is 0 Å². The van der Waals surface area contributed by atoms with Gasteiger partial charge in [0, 0.05) is 5.56 Å². The predicted molar refractivity (Wildman–Crippen MR) is 55.6 cm³/mol. The molecule has 0 bridgehead atoms. The number of benzene rings is 1. The van der Waals surface area contributed by atoms with E-state index in [2.05, 4.69) is 0 Å². The van der Waals surface area contributed by atoms with Gasteiger partial charge < -0.3 is 14.6 Å². The molecule has 0 fully saturated rings. The maximum Gasteiger partial charge on any atom is 0.343 e. The number of hydrogen-bond acceptors (Lipinski definition) is 3. The van der Waals surface area contributed by atoms with Crippen LogP contribution in [0, 0.1) is 0 Å². The minimum Gasteiger partial charge on any atom is -0.493 e. The van der Waals surface area contributed by atoms with Crippen LogP contribution in [0.3, 0.4) is 0 Å². The van der Waals surface area contributed by atoms with Gasteiger partial charge in [-0.3, -0.25) is 0 Å². The van der Waals surface area contributed by atoms with E-state index in [9.17, 15) is 9.18 Å². The Morgan fingerprint density at radius 3 is 2.69 bits per heavy atom. The third-order valence-electron chi connectivity index (χ3n) is 2.00. The Balaban J connectivity index is 3.05. The predicted octanol–water partition coefficient (Wildman–Crippen LogP) is 2.19. The lowest BCUT2D eigenvalue weighted by Gasteiger charge is -2.11. The van der Waals surface area contributed by atoms with Crippen molar-refractivity contribution in [2.24, 2.45) is 0 Å². The van der Waals surface area contributed by atoms with Gasteiger partial charge in [-0.2, -0.15) is 0 Å². The van der Waals surface area contributed by atoms with Gasteiger partial charge in [0.2, 0.25) is 6.17 Å². The summed E-state index contributed by atoms with van der Waals surface area (Å²) in [5, 5.41) is 8.54. The quantitative estimate of drug-likeness (QED) is 0.839. The van der Waals surface area contributed by atoms with Crippen molar-refractivity contribution < 1.29 is 23.8 Å². The van der Waals surface area contributed by atoms with Crippen LogP contribution in [-0.4, -0.2) is 24.8 Å². The van der Waals surface area contributed by atoms with Crippen molar-refractivity contribution in [2.45, 2.75) is 13.1 Å². The van der Waals surface area contributed by atoms with E-state index in [0.717, 1.165) is 0 Å². The zero-order valence-corrected chi connectivity index (χ0v) is 9.07. The van der Waals surface area contributed by atoms with Gasteiger partial charge in [0.25, 0.3) is 0 Å². The highest BCUT2D eigenvalue weighted by Gasteiger charge is 2.20. The third kappa shape index (κ3) is 2.62. The monoisotopic (exact) mass is 228 g/mol. The largest absolute Gasteiger partial charge is 0.493 e. The number of ether oxygens (including phenoxy) is 2. The highest BCUT2D eigenvalue weighted by molar-refractivity contribution is 5.74. The van der Waals surface area contributed by atoms with Crippen LogP contribution in [-0.2, 0) is 4.79 Å². The van der Waals surface area contributed by atoms with E-state index >= 15 is 0 Å². The molecule has 4 nitrogen and oxygen atoms in total. The van der Waals surface area contributed by atoms with E-state index < -0.39 is 12.1 Å². The molecule has 0 radical (unpaired) electrons. The van der Waals surface area contributed by atoms with E-state index in [-0.39, 0.29) is 5.56 Å². The van der Waals surface area contributed by atoms with Crippen LogP contribution >= 0.6 is 0 Å². The first kappa shape index (κ1) is 12.3. The van der Waals surface area contributed by atoms with Crippen molar-refractivity contribution in [3.8, 4) is 11.5 Å². The number of rotatable bonds is 5. The van der Waals surface area contributed by atoms with Gasteiger partial charge in [-0.15, -0.1) is 0 Å². The van der Waals surface area contributed by atoms with E-state index in [1.807, 2.05) is 0 Å². The lowest BCUT2D eigenvalue weighted by atomic mass is 10.1. The zero-order valence-electron chi connectivity index (χ0n) is 9.07. The SMILES string of the molecule is CCOc1cc(C(F)C(=O)O)ccc1OC. The lowest BCUT2D eigenvalue weighted by molar-refractivity contribution is -0.143. The van der Waals surface area contributed by atoms with Crippen LogP contribution < -0.4 is 9.47 Å². The molecular weight excluding hydrogens is 215 g/mol. The normalized spacial score (nSPS) is 11.9. The lowest BCUT2D eigenvalue weighted by Crippen LogP contribution is -2.06. The Morgan fingerprint density at radius 1 is 1.50 bits per heavy atom. The fourth-order valence-corrected chi connectivity index (χ4v) is 1.26. The first-order valence-corrected chi connectivity index (χ1v) is 4.77. The van der Waals surface area contributed by atoms with Gasteiger partial charge in [-0.1, -0.05) is 6.07 Å². The van der Waals surface area contributed by atoms with Gasteiger partial charge >= 0.3 is 5.97 Å². The molecule has 1 aromatic carbocycles. The van der Waals surface area contributed by atoms with E-state index in [1.165, 1.54) is 25.3 Å². The molecule has 0 saturated carbocycles. The zero-order chi connectivity index (χ0) is 12.1. The number of alkyl halides is 1. The average Bonchev–Trinajstić information content (AvgIpc) is 2.28. The summed E-state index contributed by atoms with van der Waals surface area (Å²) in [6.07, 6.45) is -2.05. The van der Waals surface area contributed by atoms with Crippen LogP contribution in [0.4, 0.5) is 4.39 Å². The molecule has 5 heteroatoms. The van der Waals surface area contributed by atoms with Crippen LogP contribution in [0.15, 0.2) is 18.2 Å². The van der Waals surface area contributed by atoms with Crippen molar-refractivity contribution in [3.05, 3.63) is 23.8 Å². The second-order valence-electron chi connectivity index (χ2n) is 3.04. The topological polar surface area (TPSA) is 55.8 Å². The first-order chi connectivity index (χ1) is 7.60. The molecule has 1 aromatic rings. The number of carboxylic acid groups (broad SMARTS) is 1. The number of methoxy groups -OCH3 is 1. The van der Waals surface area contributed by atoms with Gasteiger partial charge in [0.15, 0.2) is 11.5 Å². The minimum atomic E-state index is -2.05. The second kappa shape index (κ2) is 5.34. The molecule has 0 amide bonds. The Kier molecular flexibility index (Phi) is 4.10.